The summed E-state index contributed by atoms with van der Waals surface area (Å²) in [5.74, 6) is -1.07. The Hall–Kier alpha value is -3.19. The molecule has 7 heteroatoms. The molecule has 0 aliphatic heterocycles. The highest BCUT2D eigenvalue weighted by atomic mass is 32.2. The smallest absolute Gasteiger partial charge is 0.280 e. The molecule has 0 fully saturated rings. The molecule has 0 unspecified atom stereocenters. The molecule has 0 radical (unpaired) electrons. The van der Waals surface area contributed by atoms with Gasteiger partial charge in [-0.15, -0.1) is 0 Å². The second kappa shape index (κ2) is 6.61. The molecule has 0 spiro atoms. The van der Waals surface area contributed by atoms with Gasteiger partial charge in [0.15, 0.2) is 15.8 Å². The van der Waals surface area contributed by atoms with E-state index in [9.17, 15) is 13.2 Å². The zero-order chi connectivity index (χ0) is 18.9. The number of aliphatic imine (C=N–C) groups is 1. The van der Waals surface area contributed by atoms with Crippen LogP contribution in [0.15, 0.2) is 70.6 Å². The lowest BCUT2D eigenvalue weighted by molar-refractivity contribution is 0.100. The van der Waals surface area contributed by atoms with Gasteiger partial charge in [0.05, 0.1) is 4.90 Å². The first-order valence-corrected chi connectivity index (χ1v) is 9.62. The molecule has 132 valence electrons. The normalized spacial score (nSPS) is 11.3. The molecule has 4 N–H and O–H groups in total. The van der Waals surface area contributed by atoms with Crippen molar-refractivity contribution in [3.05, 3.63) is 66.2 Å². The maximum atomic E-state index is 12.3. The minimum Gasteiger partial charge on any atom is -0.370 e. The van der Waals surface area contributed by atoms with Crippen LogP contribution in [-0.4, -0.2) is 26.5 Å². The van der Waals surface area contributed by atoms with Crippen molar-refractivity contribution in [2.45, 2.75) is 4.90 Å². The van der Waals surface area contributed by atoms with Crippen molar-refractivity contribution in [2.24, 2.45) is 16.5 Å². The van der Waals surface area contributed by atoms with Crippen LogP contribution >= 0.6 is 0 Å². The van der Waals surface area contributed by atoms with Crippen molar-refractivity contribution in [1.82, 2.24) is 0 Å². The summed E-state index contributed by atoms with van der Waals surface area (Å²) in [6.45, 7) is 0. The second-order valence-electron chi connectivity index (χ2n) is 5.89. The highest BCUT2D eigenvalue weighted by Crippen LogP contribution is 2.31. The highest BCUT2D eigenvalue weighted by Gasteiger charge is 2.18. The van der Waals surface area contributed by atoms with Crippen molar-refractivity contribution in [2.75, 3.05) is 6.26 Å². The maximum Gasteiger partial charge on any atom is 0.280 e. The third-order valence-corrected chi connectivity index (χ3v) is 5.06. The number of carbonyl (C=O) groups excluding carboxylic acids is 1. The first-order valence-electron chi connectivity index (χ1n) is 7.73. The first-order chi connectivity index (χ1) is 12.3. The van der Waals surface area contributed by atoms with E-state index in [4.69, 9.17) is 11.5 Å². The van der Waals surface area contributed by atoms with Crippen LogP contribution in [0.3, 0.4) is 0 Å². The third kappa shape index (κ3) is 3.57. The molecule has 26 heavy (non-hydrogen) atoms. The molecule has 1 amide bonds. The molecule has 0 saturated heterocycles. The largest absolute Gasteiger partial charge is 0.370 e. The number of carbonyl (C=O) groups is 1. The molecule has 6 nitrogen and oxygen atoms in total. The van der Waals surface area contributed by atoms with Crippen molar-refractivity contribution in [3.8, 4) is 11.1 Å². The second-order valence-corrected chi connectivity index (χ2v) is 7.87. The maximum absolute atomic E-state index is 12.3. The quantitative estimate of drug-likeness (QED) is 0.544. The van der Waals surface area contributed by atoms with Gasteiger partial charge in [-0.25, -0.2) is 8.42 Å². The minimum atomic E-state index is -3.58. The predicted octanol–water partition coefficient (Wildman–Crippen LogP) is 2.32. The minimum absolute atomic E-state index is 0.0458. The number of sulfone groups is 1. The van der Waals surface area contributed by atoms with Gasteiger partial charge in [0.25, 0.3) is 5.91 Å². The topological polar surface area (TPSA) is 116 Å². The van der Waals surface area contributed by atoms with Gasteiger partial charge in [0.1, 0.15) is 0 Å². The van der Waals surface area contributed by atoms with Crippen molar-refractivity contribution >= 4 is 32.5 Å². The Balaban J connectivity index is 2.20. The van der Waals surface area contributed by atoms with Crippen LogP contribution in [0.1, 0.15) is 10.4 Å². The van der Waals surface area contributed by atoms with Gasteiger partial charge in [-0.1, -0.05) is 42.5 Å². The number of hydrogen-bond donors (Lipinski definition) is 2. The van der Waals surface area contributed by atoms with E-state index in [2.05, 4.69) is 4.99 Å². The Morgan fingerprint density at radius 2 is 1.62 bits per heavy atom. The van der Waals surface area contributed by atoms with Crippen LogP contribution in [-0.2, 0) is 9.84 Å². The number of rotatable bonds is 3. The number of nitrogens with two attached hydrogens (primary N) is 2. The van der Waals surface area contributed by atoms with Gasteiger partial charge >= 0.3 is 0 Å². The number of nitrogens with zero attached hydrogens (tertiary/aromatic N) is 1. The van der Waals surface area contributed by atoms with Gasteiger partial charge in [-0.3, -0.25) is 4.79 Å². The zero-order valence-electron chi connectivity index (χ0n) is 14.0. The van der Waals surface area contributed by atoms with E-state index >= 15 is 0 Å². The van der Waals surface area contributed by atoms with Gasteiger partial charge in [-0.2, -0.15) is 4.99 Å². The molecular formula is C19H17N3O3S. The summed E-state index contributed by atoms with van der Waals surface area (Å²) < 4.78 is 24.6. The van der Waals surface area contributed by atoms with E-state index in [1.165, 1.54) is 12.1 Å². The molecule has 3 aromatic carbocycles. The van der Waals surface area contributed by atoms with Gasteiger partial charge in [-0.05, 0) is 34.5 Å². The average molecular weight is 367 g/mol. The first kappa shape index (κ1) is 17.6. The third-order valence-electron chi connectivity index (χ3n) is 3.92. The highest BCUT2D eigenvalue weighted by molar-refractivity contribution is 7.90. The fourth-order valence-corrected chi connectivity index (χ4v) is 3.67. The Bertz CT molecular complexity index is 1150. The lowest BCUT2D eigenvalue weighted by atomic mass is 10.00. The van der Waals surface area contributed by atoms with Crippen LogP contribution in [0.2, 0.25) is 0 Å². The molecule has 3 rings (SSSR count). The van der Waals surface area contributed by atoms with Gasteiger partial charge in [0, 0.05) is 17.4 Å². The van der Waals surface area contributed by atoms with Crippen LogP contribution in [0, 0.1) is 0 Å². The molecule has 3 aromatic rings. The number of fused-ring (bicyclic) bond motifs is 1. The van der Waals surface area contributed by atoms with E-state index in [0.29, 0.717) is 5.56 Å². The molecular weight excluding hydrogens is 350 g/mol. The SMILES string of the molecule is CS(=O)(=O)c1cc(C(=O)N=C(N)N)ccc1-c1ccc2ccccc2c1. The number of hydrogen-bond acceptors (Lipinski definition) is 3. The molecule has 0 saturated carbocycles. The fourth-order valence-electron chi connectivity index (χ4n) is 2.74. The number of amides is 1. The van der Waals surface area contributed by atoms with Crippen LogP contribution in [0.4, 0.5) is 0 Å². The summed E-state index contributed by atoms with van der Waals surface area (Å²) >= 11 is 0. The van der Waals surface area contributed by atoms with E-state index in [-0.39, 0.29) is 16.4 Å². The summed E-state index contributed by atoms with van der Waals surface area (Å²) in [6.07, 6.45) is 1.10. The molecule has 0 bridgehead atoms. The van der Waals surface area contributed by atoms with Crippen molar-refractivity contribution in [1.29, 1.82) is 0 Å². The predicted molar refractivity (Wildman–Crippen MR) is 103 cm³/mol. The van der Waals surface area contributed by atoms with E-state index in [1.54, 1.807) is 6.07 Å². The van der Waals surface area contributed by atoms with E-state index in [1.807, 2.05) is 42.5 Å². The fraction of sp³-hybridized carbons (Fsp3) is 0.0526. The summed E-state index contributed by atoms with van der Waals surface area (Å²) in [6, 6.07) is 17.9. The molecule has 0 aliphatic rings. The Kier molecular flexibility index (Phi) is 4.48. The lowest BCUT2D eigenvalue weighted by Crippen LogP contribution is -2.24. The van der Waals surface area contributed by atoms with Gasteiger partial charge in [0.2, 0.25) is 0 Å². The van der Waals surface area contributed by atoms with Gasteiger partial charge < -0.3 is 11.5 Å². The summed E-state index contributed by atoms with van der Waals surface area (Å²) in [7, 11) is -3.58. The number of benzene rings is 3. The number of guanidine groups is 1. The Morgan fingerprint density at radius 1 is 0.923 bits per heavy atom. The molecule has 0 aliphatic carbocycles. The molecule has 0 aromatic heterocycles. The van der Waals surface area contributed by atoms with Crippen LogP contribution < -0.4 is 11.5 Å². The molecule has 0 heterocycles. The standard InChI is InChI=1S/C19H17N3O3S/c1-26(24,25)17-11-15(18(23)22-19(20)21)8-9-16(17)14-7-6-12-4-2-3-5-13(12)10-14/h2-11H,1H3,(H4,20,21,22,23). The van der Waals surface area contributed by atoms with Crippen molar-refractivity contribution < 1.29 is 13.2 Å². The summed E-state index contributed by atoms with van der Waals surface area (Å²) in [4.78, 5) is 15.5. The zero-order valence-corrected chi connectivity index (χ0v) is 14.8. The van der Waals surface area contributed by atoms with E-state index in [0.717, 1.165) is 22.6 Å². The Morgan fingerprint density at radius 3 is 2.27 bits per heavy atom. The van der Waals surface area contributed by atoms with Crippen LogP contribution in [0.25, 0.3) is 21.9 Å². The molecule has 0 atom stereocenters. The Labute approximate surface area is 151 Å². The lowest BCUT2D eigenvalue weighted by Gasteiger charge is -2.11. The van der Waals surface area contributed by atoms with Crippen molar-refractivity contribution in [3.63, 3.8) is 0 Å². The monoisotopic (exact) mass is 367 g/mol. The van der Waals surface area contributed by atoms with Crippen LogP contribution in [0.5, 0.6) is 0 Å². The van der Waals surface area contributed by atoms with E-state index < -0.39 is 15.7 Å². The summed E-state index contributed by atoms with van der Waals surface area (Å²) in [5, 5.41) is 2.04. The average Bonchev–Trinajstić information content (AvgIpc) is 2.59. The summed E-state index contributed by atoms with van der Waals surface area (Å²) in [5.41, 5.74) is 11.8.